The Morgan fingerprint density at radius 1 is 1.08 bits per heavy atom. The molecular weight excluding hydrogens is 314 g/mol. The molecule has 1 aromatic rings. The van der Waals surface area contributed by atoms with Crippen molar-refractivity contribution in [2.45, 2.75) is 58.8 Å². The molecule has 1 aliphatic rings. The lowest BCUT2D eigenvalue weighted by Gasteiger charge is -2.30. The third kappa shape index (κ3) is 4.24. The van der Waals surface area contributed by atoms with Crippen LogP contribution in [0, 0.1) is 0 Å². The van der Waals surface area contributed by atoms with E-state index in [1.807, 2.05) is 6.08 Å². The summed E-state index contributed by atoms with van der Waals surface area (Å²) in [5.41, 5.74) is 4.00. The molecule has 1 aliphatic heterocycles. The lowest BCUT2D eigenvalue weighted by molar-refractivity contribution is -0.180. The number of benzene rings is 1. The molecule has 1 fully saturated rings. The fraction of sp³-hybridized carbons (Fsp3) is 0.571. The third-order valence-corrected chi connectivity index (χ3v) is 4.49. The Bertz CT molecular complexity index is 655. The summed E-state index contributed by atoms with van der Waals surface area (Å²) in [6.45, 7) is 13.6. The molecule has 0 unspecified atom stereocenters. The van der Waals surface area contributed by atoms with Crippen LogP contribution in [0.25, 0.3) is 6.08 Å². The third-order valence-electron chi connectivity index (χ3n) is 4.49. The monoisotopic (exact) mass is 345 g/mol. The first-order valence-electron chi connectivity index (χ1n) is 8.79. The van der Waals surface area contributed by atoms with E-state index in [1.54, 1.807) is 14.2 Å². The van der Waals surface area contributed by atoms with Gasteiger partial charge in [-0.05, 0) is 34.6 Å². The maximum Gasteiger partial charge on any atom is 0.273 e. The van der Waals surface area contributed by atoms with Gasteiger partial charge in [-0.2, -0.15) is 0 Å². The van der Waals surface area contributed by atoms with Crippen LogP contribution in [0.4, 0.5) is 0 Å². The molecule has 138 valence electrons. The SMILES string of the molecule is COc1c(C(C)(C)C)cc(C=C2CCON(C)C2=O)cc1C(C)(C)C. The number of carbonyl (C=O) groups excluding carboxylic acids is 1. The number of likely N-dealkylation sites (N-methyl/N-ethyl adjacent to an activating group) is 1. The Morgan fingerprint density at radius 2 is 1.60 bits per heavy atom. The van der Waals surface area contributed by atoms with E-state index >= 15 is 0 Å². The highest BCUT2D eigenvalue weighted by molar-refractivity contribution is 5.97. The molecule has 1 amide bonds. The molecule has 25 heavy (non-hydrogen) atoms. The molecule has 1 aromatic carbocycles. The van der Waals surface area contributed by atoms with Crippen molar-refractivity contribution in [3.05, 3.63) is 34.4 Å². The zero-order valence-electron chi connectivity index (χ0n) is 16.8. The number of nitrogens with zero attached hydrogens (tertiary/aromatic N) is 1. The first kappa shape index (κ1) is 19.5. The van der Waals surface area contributed by atoms with E-state index in [1.165, 1.54) is 5.06 Å². The molecule has 1 saturated heterocycles. The molecule has 2 rings (SSSR count). The van der Waals surface area contributed by atoms with Crippen LogP contribution in [-0.4, -0.2) is 31.7 Å². The van der Waals surface area contributed by atoms with Crippen molar-refractivity contribution in [2.24, 2.45) is 0 Å². The highest BCUT2D eigenvalue weighted by Crippen LogP contribution is 2.41. The maximum absolute atomic E-state index is 12.3. The van der Waals surface area contributed by atoms with Gasteiger partial charge in [0.1, 0.15) is 5.75 Å². The molecule has 0 N–H and O–H groups in total. The Labute approximate surface area is 151 Å². The molecular formula is C21H31NO3. The summed E-state index contributed by atoms with van der Waals surface area (Å²) in [5.74, 6) is 0.870. The number of amides is 1. The molecule has 4 heteroatoms. The summed E-state index contributed by atoms with van der Waals surface area (Å²) >= 11 is 0. The number of carbonyl (C=O) groups is 1. The van der Waals surface area contributed by atoms with Crippen LogP contribution in [0.15, 0.2) is 17.7 Å². The predicted molar refractivity (Wildman–Crippen MR) is 102 cm³/mol. The Balaban J connectivity index is 2.65. The number of rotatable bonds is 2. The lowest BCUT2D eigenvalue weighted by Crippen LogP contribution is -2.33. The molecule has 4 nitrogen and oxygen atoms in total. The van der Waals surface area contributed by atoms with Crippen LogP contribution in [0.2, 0.25) is 0 Å². The quantitative estimate of drug-likeness (QED) is 0.743. The first-order valence-corrected chi connectivity index (χ1v) is 8.79. The summed E-state index contributed by atoms with van der Waals surface area (Å²) in [4.78, 5) is 17.6. The molecule has 0 bridgehead atoms. The largest absolute Gasteiger partial charge is 0.496 e. The van der Waals surface area contributed by atoms with Gasteiger partial charge in [-0.1, -0.05) is 41.5 Å². The average molecular weight is 345 g/mol. The van der Waals surface area contributed by atoms with Crippen LogP contribution < -0.4 is 4.74 Å². The fourth-order valence-corrected chi connectivity index (χ4v) is 3.06. The van der Waals surface area contributed by atoms with Gasteiger partial charge in [-0.25, -0.2) is 5.06 Å². The first-order chi connectivity index (χ1) is 11.4. The van der Waals surface area contributed by atoms with Crippen molar-refractivity contribution in [2.75, 3.05) is 20.8 Å². The van der Waals surface area contributed by atoms with Gasteiger partial charge < -0.3 is 4.74 Å². The van der Waals surface area contributed by atoms with Crippen LogP contribution in [-0.2, 0) is 20.5 Å². The fourth-order valence-electron chi connectivity index (χ4n) is 3.06. The number of hydroxylamine groups is 2. The highest BCUT2D eigenvalue weighted by Gasteiger charge is 2.28. The maximum atomic E-state index is 12.3. The normalized spacial score (nSPS) is 18.0. The zero-order valence-corrected chi connectivity index (χ0v) is 16.8. The van der Waals surface area contributed by atoms with E-state index < -0.39 is 0 Å². The van der Waals surface area contributed by atoms with Crippen molar-refractivity contribution >= 4 is 12.0 Å². The summed E-state index contributed by atoms with van der Waals surface area (Å²) in [5, 5.41) is 1.31. The van der Waals surface area contributed by atoms with Crippen molar-refractivity contribution < 1.29 is 14.4 Å². The highest BCUT2D eigenvalue weighted by atomic mass is 16.7. The second-order valence-electron chi connectivity index (χ2n) is 8.70. The number of ether oxygens (including phenoxy) is 1. The van der Waals surface area contributed by atoms with Gasteiger partial charge in [0, 0.05) is 30.2 Å². The van der Waals surface area contributed by atoms with Gasteiger partial charge in [0.2, 0.25) is 0 Å². The van der Waals surface area contributed by atoms with Crippen LogP contribution in [0.3, 0.4) is 0 Å². The molecule has 0 atom stereocenters. The zero-order chi connectivity index (χ0) is 19.0. The minimum absolute atomic E-state index is 0.0592. The second-order valence-corrected chi connectivity index (χ2v) is 8.70. The van der Waals surface area contributed by atoms with Gasteiger partial charge in [0.05, 0.1) is 13.7 Å². The van der Waals surface area contributed by atoms with Crippen molar-refractivity contribution in [1.29, 1.82) is 0 Å². The number of methoxy groups -OCH3 is 1. The van der Waals surface area contributed by atoms with E-state index in [9.17, 15) is 4.79 Å². The van der Waals surface area contributed by atoms with Crippen molar-refractivity contribution in [3.8, 4) is 5.75 Å². The van der Waals surface area contributed by atoms with Crippen LogP contribution in [0.1, 0.15) is 64.7 Å². The van der Waals surface area contributed by atoms with E-state index in [4.69, 9.17) is 9.57 Å². The lowest BCUT2D eigenvalue weighted by atomic mass is 9.78. The van der Waals surface area contributed by atoms with Crippen molar-refractivity contribution in [3.63, 3.8) is 0 Å². The van der Waals surface area contributed by atoms with Crippen molar-refractivity contribution in [1.82, 2.24) is 5.06 Å². The Morgan fingerprint density at radius 3 is 2.04 bits per heavy atom. The van der Waals surface area contributed by atoms with E-state index in [2.05, 4.69) is 53.7 Å². The van der Waals surface area contributed by atoms with Crippen LogP contribution in [0.5, 0.6) is 5.75 Å². The van der Waals surface area contributed by atoms with E-state index in [0.717, 1.165) is 28.0 Å². The topological polar surface area (TPSA) is 38.8 Å². The van der Waals surface area contributed by atoms with Gasteiger partial charge in [-0.15, -0.1) is 0 Å². The number of hydrogen-bond donors (Lipinski definition) is 0. The van der Waals surface area contributed by atoms with E-state index in [0.29, 0.717) is 13.0 Å². The average Bonchev–Trinajstić information content (AvgIpc) is 2.49. The molecule has 0 aromatic heterocycles. The summed E-state index contributed by atoms with van der Waals surface area (Å²) < 4.78 is 5.80. The Kier molecular flexibility index (Phi) is 5.33. The molecule has 0 spiro atoms. The van der Waals surface area contributed by atoms with Gasteiger partial charge >= 0.3 is 0 Å². The molecule has 0 aliphatic carbocycles. The predicted octanol–water partition coefficient (Wildman–Crippen LogP) is 4.47. The smallest absolute Gasteiger partial charge is 0.273 e. The summed E-state index contributed by atoms with van der Waals surface area (Å²) in [6.07, 6.45) is 2.62. The standard InChI is InChI=1S/C21H31NO3/c1-20(2,3)16-12-14(11-15-9-10-25-22(7)19(15)23)13-17(18(16)24-8)21(4,5)6/h11-13H,9-10H2,1-8H3. The van der Waals surface area contributed by atoms with Gasteiger partial charge in [0.15, 0.2) is 0 Å². The molecule has 1 heterocycles. The number of hydrogen-bond acceptors (Lipinski definition) is 3. The Hall–Kier alpha value is -1.81. The molecule has 0 saturated carbocycles. The summed E-state index contributed by atoms with van der Waals surface area (Å²) in [6, 6.07) is 4.29. The second kappa shape index (κ2) is 6.83. The van der Waals surface area contributed by atoms with Crippen LogP contribution >= 0.6 is 0 Å². The van der Waals surface area contributed by atoms with Gasteiger partial charge in [0.25, 0.3) is 5.91 Å². The summed E-state index contributed by atoms with van der Waals surface area (Å²) in [7, 11) is 3.39. The molecule has 0 radical (unpaired) electrons. The van der Waals surface area contributed by atoms with Gasteiger partial charge in [-0.3, -0.25) is 9.63 Å². The minimum Gasteiger partial charge on any atom is -0.496 e. The minimum atomic E-state index is -0.0725. The van der Waals surface area contributed by atoms with E-state index in [-0.39, 0.29) is 16.7 Å².